The molecule has 0 saturated carbocycles. The summed E-state index contributed by atoms with van der Waals surface area (Å²) in [6.07, 6.45) is -2.08. The average Bonchev–Trinajstić information content (AvgIpc) is 2.61. The predicted molar refractivity (Wildman–Crippen MR) is 65.2 cm³/mol. The summed E-state index contributed by atoms with van der Waals surface area (Å²) in [6, 6.07) is 0. The number of nitrogens with zero attached hydrogens (tertiary/aromatic N) is 1. The molecule has 0 amide bonds. The van der Waals surface area contributed by atoms with Gasteiger partial charge in [-0.15, -0.1) is 0 Å². The Morgan fingerprint density at radius 1 is 1.44 bits per heavy atom. The van der Waals surface area contributed by atoms with Crippen molar-refractivity contribution in [1.82, 2.24) is 9.55 Å². The Morgan fingerprint density at radius 2 is 2.11 bits per heavy atom. The van der Waals surface area contributed by atoms with E-state index in [1.807, 2.05) is 0 Å². The van der Waals surface area contributed by atoms with Crippen molar-refractivity contribution in [3.05, 3.63) is 31.5 Å². The summed E-state index contributed by atoms with van der Waals surface area (Å²) >= 11 is 2.99. The van der Waals surface area contributed by atoms with E-state index in [4.69, 9.17) is 4.74 Å². The molecule has 0 aromatic carbocycles. The molecule has 1 aliphatic rings. The molecule has 1 fully saturated rings. The van der Waals surface area contributed by atoms with Gasteiger partial charge in [-0.1, -0.05) is 6.92 Å². The maximum atomic E-state index is 11.6. The van der Waals surface area contributed by atoms with Crippen LogP contribution in [0.2, 0.25) is 0 Å². The number of nitrogens with one attached hydrogen (secondary N) is 1. The third kappa shape index (κ3) is 2.16. The van der Waals surface area contributed by atoms with Crippen molar-refractivity contribution in [2.24, 2.45) is 0 Å². The summed E-state index contributed by atoms with van der Waals surface area (Å²) in [5.41, 5.74) is -1.26. The van der Waals surface area contributed by atoms with E-state index < -0.39 is 35.8 Å². The van der Waals surface area contributed by atoms with Crippen LogP contribution in [0.1, 0.15) is 19.6 Å². The number of H-pyrrole nitrogens is 1. The van der Waals surface area contributed by atoms with Gasteiger partial charge in [0.2, 0.25) is 0 Å². The van der Waals surface area contributed by atoms with E-state index in [0.717, 1.165) is 4.57 Å². The van der Waals surface area contributed by atoms with E-state index in [9.17, 15) is 19.8 Å². The Balaban J connectivity index is 2.42. The van der Waals surface area contributed by atoms with Crippen LogP contribution in [-0.4, -0.2) is 38.1 Å². The molecule has 2 rings (SSSR count). The fourth-order valence-electron chi connectivity index (χ4n) is 1.95. The molecule has 100 valence electrons. The van der Waals surface area contributed by atoms with Crippen LogP contribution in [0, 0.1) is 0 Å². The lowest BCUT2D eigenvalue weighted by atomic mass is 10.1. The minimum absolute atomic E-state index is 0.146. The van der Waals surface area contributed by atoms with Gasteiger partial charge in [-0.2, -0.15) is 0 Å². The second-order valence-electron chi connectivity index (χ2n) is 4.10. The van der Waals surface area contributed by atoms with Gasteiger partial charge in [-0.3, -0.25) is 14.3 Å². The summed E-state index contributed by atoms with van der Waals surface area (Å²) in [4.78, 5) is 24.9. The molecule has 0 unspecified atom stereocenters. The number of aromatic nitrogens is 2. The van der Waals surface area contributed by atoms with E-state index in [-0.39, 0.29) is 4.47 Å². The Bertz CT molecular complexity index is 554. The zero-order valence-corrected chi connectivity index (χ0v) is 11.1. The van der Waals surface area contributed by atoms with Gasteiger partial charge in [0.25, 0.3) is 5.56 Å². The summed E-state index contributed by atoms with van der Waals surface area (Å²) in [6.45, 7) is 1.80. The van der Waals surface area contributed by atoms with Crippen molar-refractivity contribution in [3.8, 4) is 0 Å². The molecule has 0 radical (unpaired) electrons. The molecule has 0 spiro atoms. The number of ether oxygens (including phenoxy) is 1. The second kappa shape index (κ2) is 4.96. The Hall–Kier alpha value is -0.960. The van der Waals surface area contributed by atoms with Crippen LogP contribution in [0.3, 0.4) is 0 Å². The molecule has 18 heavy (non-hydrogen) atoms. The Kier molecular flexibility index (Phi) is 3.71. The number of halogens is 1. The monoisotopic (exact) mass is 320 g/mol. The van der Waals surface area contributed by atoms with E-state index in [2.05, 4.69) is 20.9 Å². The summed E-state index contributed by atoms with van der Waals surface area (Å²) in [7, 11) is 0. The van der Waals surface area contributed by atoms with Crippen LogP contribution in [0.15, 0.2) is 20.3 Å². The van der Waals surface area contributed by atoms with Gasteiger partial charge >= 0.3 is 5.69 Å². The number of rotatable bonds is 2. The molecule has 8 heteroatoms. The fourth-order valence-corrected chi connectivity index (χ4v) is 2.27. The maximum absolute atomic E-state index is 11.6. The molecule has 1 saturated heterocycles. The first-order valence-electron chi connectivity index (χ1n) is 5.48. The highest BCUT2D eigenvalue weighted by Crippen LogP contribution is 2.29. The lowest BCUT2D eigenvalue weighted by molar-refractivity contribution is -0.0406. The van der Waals surface area contributed by atoms with Gasteiger partial charge in [0.1, 0.15) is 12.2 Å². The van der Waals surface area contributed by atoms with Gasteiger partial charge in [0, 0.05) is 6.20 Å². The highest BCUT2D eigenvalue weighted by Gasteiger charge is 2.43. The minimum atomic E-state index is -1.22. The molecule has 2 heterocycles. The average molecular weight is 321 g/mol. The first-order chi connectivity index (χ1) is 8.45. The zero-order chi connectivity index (χ0) is 13.4. The number of aromatic amines is 1. The molecule has 4 atom stereocenters. The third-order valence-corrected chi connectivity index (χ3v) is 3.50. The van der Waals surface area contributed by atoms with Gasteiger partial charge in [-0.05, 0) is 22.4 Å². The number of hydrogen-bond acceptors (Lipinski definition) is 5. The van der Waals surface area contributed by atoms with Crippen LogP contribution in [-0.2, 0) is 4.74 Å². The predicted octanol–water partition coefficient (Wildman–Crippen LogP) is -0.672. The highest BCUT2D eigenvalue weighted by atomic mass is 79.9. The third-order valence-electron chi connectivity index (χ3n) is 2.94. The van der Waals surface area contributed by atoms with Crippen LogP contribution in [0.4, 0.5) is 0 Å². The molecule has 1 aliphatic heterocycles. The number of aliphatic hydroxyl groups is 2. The van der Waals surface area contributed by atoms with Crippen molar-refractivity contribution in [2.75, 3.05) is 0 Å². The van der Waals surface area contributed by atoms with Crippen molar-refractivity contribution >= 4 is 15.9 Å². The quantitative estimate of drug-likeness (QED) is 0.670. The molecule has 0 bridgehead atoms. The molecule has 1 aromatic rings. The van der Waals surface area contributed by atoms with Crippen LogP contribution >= 0.6 is 15.9 Å². The van der Waals surface area contributed by atoms with Crippen molar-refractivity contribution in [1.29, 1.82) is 0 Å². The summed E-state index contributed by atoms with van der Waals surface area (Å²) < 4.78 is 6.61. The van der Waals surface area contributed by atoms with E-state index >= 15 is 0 Å². The standard InChI is InChI=1S/C10H13BrN2O5/c1-2-5-6(14)7(15)9(18-5)13-3-4(11)8(16)12-10(13)17/h3,5-7,9,14-15H,2H2,1H3,(H,12,16,17)/t5-,6-,7-,9-/m1/s1. The number of hydrogen-bond donors (Lipinski definition) is 3. The van der Waals surface area contributed by atoms with Gasteiger partial charge < -0.3 is 14.9 Å². The first-order valence-corrected chi connectivity index (χ1v) is 6.27. The van der Waals surface area contributed by atoms with Crippen LogP contribution < -0.4 is 11.2 Å². The molecule has 1 aromatic heterocycles. The van der Waals surface area contributed by atoms with Crippen molar-refractivity contribution in [3.63, 3.8) is 0 Å². The summed E-state index contributed by atoms with van der Waals surface area (Å²) in [5, 5.41) is 19.6. The van der Waals surface area contributed by atoms with Crippen molar-refractivity contribution in [2.45, 2.75) is 37.9 Å². The topological polar surface area (TPSA) is 105 Å². The zero-order valence-electron chi connectivity index (χ0n) is 9.54. The fraction of sp³-hybridized carbons (Fsp3) is 0.600. The van der Waals surface area contributed by atoms with Gasteiger partial charge in [-0.25, -0.2) is 4.79 Å². The SMILES string of the molecule is CC[C@H]1O[C@@H](n2cc(Br)c(=O)[nH]c2=O)[C@H](O)[C@@H]1O. The Labute approximate surface area is 110 Å². The van der Waals surface area contributed by atoms with Crippen LogP contribution in [0.25, 0.3) is 0 Å². The summed E-state index contributed by atoms with van der Waals surface area (Å²) in [5.74, 6) is 0. The highest BCUT2D eigenvalue weighted by molar-refractivity contribution is 9.10. The van der Waals surface area contributed by atoms with Crippen molar-refractivity contribution < 1.29 is 14.9 Å². The smallest absolute Gasteiger partial charge is 0.330 e. The largest absolute Gasteiger partial charge is 0.388 e. The van der Waals surface area contributed by atoms with Gasteiger partial charge in [0.05, 0.1) is 10.6 Å². The second-order valence-corrected chi connectivity index (χ2v) is 4.95. The maximum Gasteiger partial charge on any atom is 0.330 e. The van der Waals surface area contributed by atoms with Gasteiger partial charge in [0.15, 0.2) is 6.23 Å². The molecule has 3 N–H and O–H groups in total. The van der Waals surface area contributed by atoms with E-state index in [1.165, 1.54) is 6.20 Å². The number of aliphatic hydroxyl groups excluding tert-OH is 2. The molecular formula is C10H13BrN2O5. The van der Waals surface area contributed by atoms with E-state index in [1.54, 1.807) is 6.92 Å². The van der Waals surface area contributed by atoms with E-state index in [0.29, 0.717) is 6.42 Å². The Morgan fingerprint density at radius 3 is 2.67 bits per heavy atom. The molecule has 0 aliphatic carbocycles. The normalized spacial score (nSPS) is 31.8. The first kappa shape index (κ1) is 13.5. The lowest BCUT2D eigenvalue weighted by Gasteiger charge is -2.17. The van der Waals surface area contributed by atoms with Crippen LogP contribution in [0.5, 0.6) is 0 Å². The molecular weight excluding hydrogens is 308 g/mol. The molecule has 7 nitrogen and oxygen atoms in total. The lowest BCUT2D eigenvalue weighted by Crippen LogP contribution is -2.37. The minimum Gasteiger partial charge on any atom is -0.388 e.